The maximum Gasteiger partial charge on any atom is 0.293 e. The minimum atomic E-state index is -0.318. The van der Waals surface area contributed by atoms with Crippen molar-refractivity contribution in [2.45, 2.75) is 52.2 Å². The van der Waals surface area contributed by atoms with Gasteiger partial charge in [0.2, 0.25) is 0 Å². The second kappa shape index (κ2) is 7.93. The SMILES string of the molecule is CC(C)(C)OC=O.Cc1cccc(C(=O)[C@@H]2CCCN2)c1. The second-order valence-electron chi connectivity index (χ2n) is 6.21. The summed E-state index contributed by atoms with van der Waals surface area (Å²) in [5.74, 6) is 0.242. The van der Waals surface area contributed by atoms with Crippen LogP contribution in [0.4, 0.5) is 0 Å². The van der Waals surface area contributed by atoms with E-state index in [1.165, 1.54) is 0 Å². The van der Waals surface area contributed by atoms with Crippen LogP contribution in [-0.4, -0.2) is 30.4 Å². The Morgan fingerprint density at radius 2 is 2.10 bits per heavy atom. The van der Waals surface area contributed by atoms with Crippen molar-refractivity contribution in [2.24, 2.45) is 0 Å². The normalized spacial score (nSPS) is 17.6. The molecule has 0 saturated carbocycles. The van der Waals surface area contributed by atoms with E-state index in [1.54, 1.807) is 0 Å². The Morgan fingerprint density at radius 1 is 1.38 bits per heavy atom. The Morgan fingerprint density at radius 3 is 2.52 bits per heavy atom. The molecule has 1 saturated heterocycles. The monoisotopic (exact) mass is 291 g/mol. The van der Waals surface area contributed by atoms with E-state index in [-0.39, 0.29) is 17.4 Å². The summed E-state index contributed by atoms with van der Waals surface area (Å²) in [6, 6.07) is 7.87. The molecule has 1 aliphatic rings. The van der Waals surface area contributed by atoms with Crippen LogP contribution in [-0.2, 0) is 9.53 Å². The largest absolute Gasteiger partial charge is 0.462 e. The van der Waals surface area contributed by atoms with Crippen molar-refractivity contribution >= 4 is 12.3 Å². The molecule has 0 bridgehead atoms. The first kappa shape index (κ1) is 17.4. The summed E-state index contributed by atoms with van der Waals surface area (Å²) in [6.07, 6.45) is 2.09. The molecule has 4 nitrogen and oxygen atoms in total. The molecule has 0 radical (unpaired) electrons. The van der Waals surface area contributed by atoms with E-state index < -0.39 is 0 Å². The molecule has 0 aliphatic carbocycles. The molecule has 4 heteroatoms. The minimum Gasteiger partial charge on any atom is -0.462 e. The van der Waals surface area contributed by atoms with Crippen LogP contribution < -0.4 is 5.32 Å². The van der Waals surface area contributed by atoms with Crippen molar-refractivity contribution in [1.29, 1.82) is 0 Å². The van der Waals surface area contributed by atoms with Crippen LogP contribution in [0.15, 0.2) is 24.3 Å². The molecular formula is C17H25NO3. The molecule has 1 aromatic rings. The van der Waals surface area contributed by atoms with E-state index in [0.29, 0.717) is 6.47 Å². The number of carbonyl (C=O) groups is 2. The van der Waals surface area contributed by atoms with Gasteiger partial charge in [0.25, 0.3) is 6.47 Å². The molecule has 1 N–H and O–H groups in total. The van der Waals surface area contributed by atoms with E-state index in [0.717, 1.165) is 30.5 Å². The molecule has 1 aliphatic heterocycles. The summed E-state index contributed by atoms with van der Waals surface area (Å²) in [5, 5.41) is 3.22. The number of Topliss-reactive ketones (excluding diaryl/α,β-unsaturated/α-hetero) is 1. The van der Waals surface area contributed by atoms with Crippen molar-refractivity contribution in [2.75, 3.05) is 6.54 Å². The average molecular weight is 291 g/mol. The van der Waals surface area contributed by atoms with Gasteiger partial charge in [-0.2, -0.15) is 0 Å². The van der Waals surface area contributed by atoms with Gasteiger partial charge in [0.1, 0.15) is 5.60 Å². The number of aryl methyl sites for hydroxylation is 1. The van der Waals surface area contributed by atoms with E-state index in [9.17, 15) is 9.59 Å². The summed E-state index contributed by atoms with van der Waals surface area (Å²) in [5.41, 5.74) is 1.67. The average Bonchev–Trinajstić information content (AvgIpc) is 2.91. The number of hydrogen-bond acceptors (Lipinski definition) is 4. The standard InChI is InChI=1S/C12H15NO.C5H10O2/c1-9-4-2-5-10(8-9)12(14)11-6-3-7-13-11;1-5(2,3)7-4-6/h2,4-5,8,11,13H,3,6-7H2,1H3;4H,1-3H3/t11-;/m0./s1. The van der Waals surface area contributed by atoms with Gasteiger partial charge in [-0.25, -0.2) is 0 Å². The molecule has 1 atom stereocenters. The van der Waals surface area contributed by atoms with Crippen molar-refractivity contribution in [3.05, 3.63) is 35.4 Å². The predicted molar refractivity (Wildman–Crippen MR) is 83.4 cm³/mol. The Balaban J connectivity index is 0.000000270. The van der Waals surface area contributed by atoms with E-state index in [1.807, 2.05) is 52.0 Å². The molecular weight excluding hydrogens is 266 g/mol. The van der Waals surface area contributed by atoms with Gasteiger partial charge in [0.05, 0.1) is 6.04 Å². The van der Waals surface area contributed by atoms with Gasteiger partial charge in [0.15, 0.2) is 5.78 Å². The Hall–Kier alpha value is -1.68. The minimum absolute atomic E-state index is 0.0526. The lowest BCUT2D eigenvalue weighted by molar-refractivity contribution is -0.138. The highest BCUT2D eigenvalue weighted by atomic mass is 16.5. The number of ketones is 1. The van der Waals surface area contributed by atoms with Crippen LogP contribution in [0.2, 0.25) is 0 Å². The molecule has 0 aromatic heterocycles. The second-order valence-corrected chi connectivity index (χ2v) is 6.21. The predicted octanol–water partition coefficient (Wildman–Crippen LogP) is 2.89. The maximum absolute atomic E-state index is 11.9. The fourth-order valence-corrected chi connectivity index (χ4v) is 2.05. The summed E-state index contributed by atoms with van der Waals surface area (Å²) < 4.78 is 4.55. The molecule has 1 heterocycles. The van der Waals surface area contributed by atoms with Gasteiger partial charge >= 0.3 is 0 Å². The quantitative estimate of drug-likeness (QED) is 0.687. The highest BCUT2D eigenvalue weighted by molar-refractivity contribution is 6.00. The van der Waals surface area contributed by atoms with Gasteiger partial charge < -0.3 is 10.1 Å². The zero-order chi connectivity index (χ0) is 15.9. The highest BCUT2D eigenvalue weighted by Crippen LogP contribution is 2.13. The molecule has 0 spiro atoms. The number of carbonyl (C=O) groups excluding carboxylic acids is 2. The zero-order valence-electron chi connectivity index (χ0n) is 13.3. The summed E-state index contributed by atoms with van der Waals surface area (Å²) in [6.45, 7) is 8.91. The van der Waals surface area contributed by atoms with Crippen LogP contribution in [0.5, 0.6) is 0 Å². The van der Waals surface area contributed by atoms with Gasteiger partial charge in [-0.15, -0.1) is 0 Å². The molecule has 2 rings (SSSR count). The van der Waals surface area contributed by atoms with Crippen molar-refractivity contribution in [3.63, 3.8) is 0 Å². The van der Waals surface area contributed by atoms with Crippen LogP contribution in [0.1, 0.15) is 49.5 Å². The molecule has 116 valence electrons. The molecule has 0 unspecified atom stereocenters. The van der Waals surface area contributed by atoms with E-state index in [4.69, 9.17) is 0 Å². The van der Waals surface area contributed by atoms with Gasteiger partial charge in [-0.1, -0.05) is 23.8 Å². The zero-order valence-corrected chi connectivity index (χ0v) is 13.3. The maximum atomic E-state index is 11.9. The van der Waals surface area contributed by atoms with Crippen LogP contribution in [0.3, 0.4) is 0 Å². The molecule has 0 amide bonds. The van der Waals surface area contributed by atoms with Gasteiger partial charge in [0, 0.05) is 5.56 Å². The molecule has 21 heavy (non-hydrogen) atoms. The topological polar surface area (TPSA) is 55.4 Å². The Labute approximate surface area is 126 Å². The highest BCUT2D eigenvalue weighted by Gasteiger charge is 2.22. The number of rotatable bonds is 3. The fraction of sp³-hybridized carbons (Fsp3) is 0.529. The van der Waals surface area contributed by atoms with Crippen molar-refractivity contribution in [1.82, 2.24) is 5.32 Å². The van der Waals surface area contributed by atoms with Crippen molar-refractivity contribution in [3.8, 4) is 0 Å². The third-order valence-corrected chi connectivity index (χ3v) is 3.08. The smallest absolute Gasteiger partial charge is 0.293 e. The lowest BCUT2D eigenvalue weighted by atomic mass is 10.0. The number of nitrogens with one attached hydrogen (secondary N) is 1. The van der Waals surface area contributed by atoms with Crippen molar-refractivity contribution < 1.29 is 14.3 Å². The first-order valence-corrected chi connectivity index (χ1v) is 7.29. The third-order valence-electron chi connectivity index (χ3n) is 3.08. The number of hydrogen-bond donors (Lipinski definition) is 1. The molecule has 1 aromatic carbocycles. The van der Waals surface area contributed by atoms with Gasteiger partial charge in [-0.05, 0) is 53.1 Å². The Kier molecular flexibility index (Phi) is 6.56. The first-order valence-electron chi connectivity index (χ1n) is 7.29. The van der Waals surface area contributed by atoms with Gasteiger partial charge in [-0.3, -0.25) is 9.59 Å². The molecule has 1 fully saturated rings. The van der Waals surface area contributed by atoms with Crippen LogP contribution in [0, 0.1) is 6.92 Å². The third kappa shape index (κ3) is 6.54. The van der Waals surface area contributed by atoms with E-state index in [2.05, 4.69) is 10.1 Å². The summed E-state index contributed by atoms with van der Waals surface area (Å²) >= 11 is 0. The summed E-state index contributed by atoms with van der Waals surface area (Å²) in [7, 11) is 0. The van der Waals surface area contributed by atoms with E-state index >= 15 is 0 Å². The van der Waals surface area contributed by atoms with Crippen LogP contribution in [0.25, 0.3) is 0 Å². The Bertz CT molecular complexity index is 471. The lowest BCUT2D eigenvalue weighted by Crippen LogP contribution is -2.30. The summed E-state index contributed by atoms with van der Waals surface area (Å²) in [4.78, 5) is 21.5. The first-order chi connectivity index (χ1) is 9.83. The lowest BCUT2D eigenvalue weighted by Gasteiger charge is -2.14. The number of ether oxygens (including phenoxy) is 1. The fourth-order valence-electron chi connectivity index (χ4n) is 2.05. The van der Waals surface area contributed by atoms with Crippen LogP contribution >= 0.6 is 0 Å². The number of benzene rings is 1.